The summed E-state index contributed by atoms with van der Waals surface area (Å²) in [6.45, 7) is 3.20. The van der Waals surface area contributed by atoms with Crippen molar-refractivity contribution in [3.05, 3.63) is 51.4 Å². The standard InChI is InChI=1S/C22H28N2O3S/c1-15-8-10-16(11-9-15)14-19(25)24-22-20(21(26)23-12-5-13-27-2)17-6-3-4-7-18(17)28-22/h8-11H,3-7,12-14H2,1-2H3,(H,23,26)(H,24,25). The highest BCUT2D eigenvalue weighted by atomic mass is 32.1. The Morgan fingerprint density at radius 2 is 1.89 bits per heavy atom. The summed E-state index contributed by atoms with van der Waals surface area (Å²) < 4.78 is 5.04. The maximum absolute atomic E-state index is 12.8. The van der Waals surface area contributed by atoms with Gasteiger partial charge in [-0.1, -0.05) is 29.8 Å². The molecule has 1 aliphatic carbocycles. The van der Waals surface area contributed by atoms with E-state index in [0.29, 0.717) is 30.1 Å². The molecule has 28 heavy (non-hydrogen) atoms. The molecule has 6 heteroatoms. The average Bonchev–Trinajstić information content (AvgIpc) is 3.04. The van der Waals surface area contributed by atoms with Crippen LogP contribution in [0.25, 0.3) is 0 Å². The first-order chi connectivity index (χ1) is 13.6. The number of benzene rings is 1. The summed E-state index contributed by atoms with van der Waals surface area (Å²) in [7, 11) is 1.65. The monoisotopic (exact) mass is 400 g/mol. The number of thiophene rings is 1. The van der Waals surface area contributed by atoms with Crippen molar-refractivity contribution in [2.45, 2.75) is 45.4 Å². The molecule has 5 nitrogen and oxygen atoms in total. The lowest BCUT2D eigenvalue weighted by Crippen LogP contribution is -2.27. The van der Waals surface area contributed by atoms with Crippen LogP contribution in [0.1, 0.15) is 51.2 Å². The van der Waals surface area contributed by atoms with Gasteiger partial charge in [0, 0.05) is 25.1 Å². The van der Waals surface area contributed by atoms with E-state index in [0.717, 1.165) is 43.2 Å². The van der Waals surface area contributed by atoms with Crippen molar-refractivity contribution >= 4 is 28.2 Å². The SMILES string of the molecule is COCCCNC(=O)c1c(NC(=O)Cc2ccc(C)cc2)sc2c1CCCC2. The van der Waals surface area contributed by atoms with Crippen molar-refractivity contribution in [3.8, 4) is 0 Å². The molecule has 0 saturated carbocycles. The van der Waals surface area contributed by atoms with Crippen LogP contribution in [0.2, 0.25) is 0 Å². The van der Waals surface area contributed by atoms with Crippen LogP contribution in [0.15, 0.2) is 24.3 Å². The van der Waals surface area contributed by atoms with E-state index < -0.39 is 0 Å². The second kappa shape index (κ2) is 9.85. The number of fused-ring (bicyclic) bond motifs is 1. The Labute approximate surface area is 170 Å². The molecule has 0 unspecified atom stereocenters. The molecule has 1 aliphatic rings. The third-order valence-electron chi connectivity index (χ3n) is 4.95. The van der Waals surface area contributed by atoms with Gasteiger partial charge in [0.15, 0.2) is 0 Å². The molecule has 1 aromatic heterocycles. The zero-order valence-corrected chi connectivity index (χ0v) is 17.4. The maximum atomic E-state index is 12.8. The second-order valence-corrected chi connectivity index (χ2v) is 8.33. The largest absolute Gasteiger partial charge is 0.385 e. The number of carbonyl (C=O) groups is 2. The van der Waals surface area contributed by atoms with Gasteiger partial charge in [0.25, 0.3) is 5.91 Å². The normalized spacial score (nSPS) is 13.1. The lowest BCUT2D eigenvalue weighted by atomic mass is 9.95. The molecule has 0 fully saturated rings. The summed E-state index contributed by atoms with van der Waals surface area (Å²) in [6, 6.07) is 7.95. The van der Waals surface area contributed by atoms with E-state index in [1.54, 1.807) is 18.4 Å². The number of rotatable bonds is 8. The summed E-state index contributed by atoms with van der Waals surface area (Å²) >= 11 is 1.56. The lowest BCUT2D eigenvalue weighted by Gasteiger charge is -2.13. The fourth-order valence-corrected chi connectivity index (χ4v) is 4.77. The highest BCUT2D eigenvalue weighted by Crippen LogP contribution is 2.38. The number of aryl methyl sites for hydroxylation is 2. The molecule has 0 atom stereocenters. The Balaban J connectivity index is 1.73. The zero-order valence-electron chi connectivity index (χ0n) is 16.6. The third-order valence-corrected chi connectivity index (χ3v) is 6.15. The fourth-order valence-electron chi connectivity index (χ4n) is 3.46. The summed E-state index contributed by atoms with van der Waals surface area (Å²) in [5.74, 6) is -0.183. The summed E-state index contributed by atoms with van der Waals surface area (Å²) in [5, 5.41) is 6.67. The predicted octanol–water partition coefficient (Wildman–Crippen LogP) is 3.88. The fraction of sp³-hybridized carbons (Fsp3) is 0.455. The molecule has 1 aromatic carbocycles. The minimum atomic E-state index is -0.0962. The van der Waals surface area contributed by atoms with Gasteiger partial charge in [-0.2, -0.15) is 0 Å². The summed E-state index contributed by atoms with van der Waals surface area (Å²) in [6.07, 6.45) is 5.18. The zero-order chi connectivity index (χ0) is 19.9. The van der Waals surface area contributed by atoms with Crippen molar-refractivity contribution in [1.82, 2.24) is 5.32 Å². The van der Waals surface area contributed by atoms with Gasteiger partial charge in [0.1, 0.15) is 5.00 Å². The molecule has 2 N–H and O–H groups in total. The number of carbonyl (C=O) groups excluding carboxylic acids is 2. The number of hydrogen-bond acceptors (Lipinski definition) is 4. The Hall–Kier alpha value is -2.18. The van der Waals surface area contributed by atoms with Crippen molar-refractivity contribution in [2.24, 2.45) is 0 Å². The highest BCUT2D eigenvalue weighted by molar-refractivity contribution is 7.17. The smallest absolute Gasteiger partial charge is 0.254 e. The molecule has 2 aromatic rings. The third kappa shape index (κ3) is 5.20. The van der Waals surface area contributed by atoms with Crippen molar-refractivity contribution in [3.63, 3.8) is 0 Å². The number of methoxy groups -OCH3 is 1. The van der Waals surface area contributed by atoms with Crippen LogP contribution in [-0.4, -0.2) is 32.1 Å². The van der Waals surface area contributed by atoms with Gasteiger partial charge in [-0.25, -0.2) is 0 Å². The van der Waals surface area contributed by atoms with Gasteiger partial charge < -0.3 is 15.4 Å². The van der Waals surface area contributed by atoms with Crippen LogP contribution < -0.4 is 10.6 Å². The quantitative estimate of drug-likeness (QED) is 0.661. The topological polar surface area (TPSA) is 67.4 Å². The van der Waals surface area contributed by atoms with E-state index in [1.165, 1.54) is 10.4 Å². The van der Waals surface area contributed by atoms with Gasteiger partial charge in [-0.3, -0.25) is 9.59 Å². The number of anilines is 1. The van der Waals surface area contributed by atoms with Gasteiger partial charge in [0.05, 0.1) is 12.0 Å². The van der Waals surface area contributed by atoms with Crippen LogP contribution in [0.5, 0.6) is 0 Å². The van der Waals surface area contributed by atoms with E-state index in [-0.39, 0.29) is 11.8 Å². The van der Waals surface area contributed by atoms with Crippen LogP contribution in [0.3, 0.4) is 0 Å². The highest BCUT2D eigenvalue weighted by Gasteiger charge is 2.26. The minimum absolute atomic E-state index is 0.0871. The van der Waals surface area contributed by atoms with Crippen molar-refractivity contribution in [2.75, 3.05) is 25.6 Å². The molecule has 0 bridgehead atoms. The molecule has 1 heterocycles. The molecular formula is C22H28N2O3S. The van der Waals surface area contributed by atoms with Gasteiger partial charge in [-0.15, -0.1) is 11.3 Å². The predicted molar refractivity (Wildman–Crippen MR) is 113 cm³/mol. The van der Waals surface area contributed by atoms with Gasteiger partial charge >= 0.3 is 0 Å². The van der Waals surface area contributed by atoms with Gasteiger partial charge in [0.2, 0.25) is 5.91 Å². The van der Waals surface area contributed by atoms with Crippen LogP contribution in [0.4, 0.5) is 5.00 Å². The molecular weight excluding hydrogens is 372 g/mol. The minimum Gasteiger partial charge on any atom is -0.385 e. The Morgan fingerprint density at radius 1 is 1.14 bits per heavy atom. The average molecular weight is 401 g/mol. The molecule has 2 amide bonds. The first kappa shape index (κ1) is 20.6. The Bertz CT molecular complexity index is 827. The Morgan fingerprint density at radius 3 is 2.64 bits per heavy atom. The number of nitrogens with one attached hydrogen (secondary N) is 2. The van der Waals surface area contributed by atoms with Crippen molar-refractivity contribution < 1.29 is 14.3 Å². The molecule has 0 spiro atoms. The number of hydrogen-bond donors (Lipinski definition) is 2. The molecule has 150 valence electrons. The summed E-state index contributed by atoms with van der Waals surface area (Å²) in [5.41, 5.74) is 3.91. The number of ether oxygens (including phenoxy) is 1. The van der Waals surface area contributed by atoms with E-state index in [9.17, 15) is 9.59 Å². The van der Waals surface area contributed by atoms with E-state index in [4.69, 9.17) is 4.74 Å². The summed E-state index contributed by atoms with van der Waals surface area (Å²) in [4.78, 5) is 26.7. The molecule has 0 radical (unpaired) electrons. The van der Waals surface area contributed by atoms with Crippen molar-refractivity contribution in [1.29, 1.82) is 0 Å². The van der Waals surface area contributed by atoms with E-state index in [2.05, 4.69) is 10.6 Å². The van der Waals surface area contributed by atoms with Gasteiger partial charge in [-0.05, 0) is 50.2 Å². The van der Waals surface area contributed by atoms with Crippen LogP contribution in [0, 0.1) is 6.92 Å². The molecule has 3 rings (SSSR count). The van der Waals surface area contributed by atoms with E-state index >= 15 is 0 Å². The van der Waals surface area contributed by atoms with Crippen LogP contribution in [-0.2, 0) is 28.8 Å². The maximum Gasteiger partial charge on any atom is 0.254 e. The first-order valence-electron chi connectivity index (χ1n) is 9.85. The Kier molecular flexibility index (Phi) is 7.23. The number of amides is 2. The second-order valence-electron chi connectivity index (χ2n) is 7.23. The van der Waals surface area contributed by atoms with E-state index in [1.807, 2.05) is 31.2 Å². The molecule has 0 saturated heterocycles. The first-order valence-corrected chi connectivity index (χ1v) is 10.7. The lowest BCUT2D eigenvalue weighted by molar-refractivity contribution is -0.115. The van der Waals surface area contributed by atoms with Crippen LogP contribution >= 0.6 is 11.3 Å². The molecule has 0 aliphatic heterocycles.